The van der Waals surface area contributed by atoms with Crippen molar-refractivity contribution in [1.82, 2.24) is 0 Å². The lowest BCUT2D eigenvalue weighted by molar-refractivity contribution is -0.138. The molecule has 0 saturated heterocycles. The molecule has 1 fully saturated rings. The minimum Gasteiger partial charge on any atom is -0.297 e. The Morgan fingerprint density at radius 3 is 2.25 bits per heavy atom. The van der Waals surface area contributed by atoms with Gasteiger partial charge in [-0.2, -0.15) is 5.26 Å². The van der Waals surface area contributed by atoms with E-state index in [-0.39, 0.29) is 18.0 Å². The highest BCUT2D eigenvalue weighted by atomic mass is 32.2. The summed E-state index contributed by atoms with van der Waals surface area (Å²) in [7, 11) is -3.31. The first kappa shape index (κ1) is 17.2. The van der Waals surface area contributed by atoms with Crippen LogP contribution in [0.3, 0.4) is 0 Å². The molecule has 0 bridgehead atoms. The van der Waals surface area contributed by atoms with E-state index in [1.54, 1.807) is 20.8 Å². The second kappa shape index (κ2) is 5.14. The molecule has 0 N–H and O–H groups in total. The van der Waals surface area contributed by atoms with Gasteiger partial charge in [-0.1, -0.05) is 20.3 Å². The molecule has 1 atom stereocenters. The third kappa shape index (κ3) is 3.06. The van der Waals surface area contributed by atoms with Crippen molar-refractivity contribution in [2.24, 2.45) is 10.8 Å². The quantitative estimate of drug-likeness (QED) is 0.803. The molecule has 1 aliphatic rings. The number of ketones is 1. The van der Waals surface area contributed by atoms with Crippen molar-refractivity contribution in [3.8, 4) is 6.07 Å². The van der Waals surface area contributed by atoms with Gasteiger partial charge in [0.1, 0.15) is 5.41 Å². The van der Waals surface area contributed by atoms with Crippen molar-refractivity contribution in [1.29, 1.82) is 5.26 Å². The SMILES string of the molecule is CC1(C)CCCC(C#N)(CCS(=O)(=O)C(C)(C)C)C1=O. The molecule has 5 heteroatoms. The Labute approximate surface area is 122 Å². The number of sulfone groups is 1. The van der Waals surface area contributed by atoms with Crippen molar-refractivity contribution < 1.29 is 13.2 Å². The predicted molar refractivity (Wildman–Crippen MR) is 78.8 cm³/mol. The van der Waals surface area contributed by atoms with Crippen LogP contribution < -0.4 is 0 Å². The first-order chi connectivity index (χ1) is 8.88. The minimum atomic E-state index is -3.31. The van der Waals surface area contributed by atoms with Crippen LogP contribution in [0.5, 0.6) is 0 Å². The molecule has 4 nitrogen and oxygen atoms in total. The Balaban J connectivity index is 3.00. The second-order valence-corrected chi connectivity index (χ2v) is 10.3. The largest absolute Gasteiger partial charge is 0.297 e. The average Bonchev–Trinajstić information content (AvgIpc) is 2.30. The van der Waals surface area contributed by atoms with E-state index in [0.29, 0.717) is 6.42 Å². The smallest absolute Gasteiger partial charge is 0.158 e. The number of carbonyl (C=O) groups is 1. The standard InChI is InChI=1S/C15H25NO3S/c1-13(2,3)20(18,19)10-9-15(11-16)8-6-7-14(4,5)12(15)17/h6-10H2,1-5H3. The molecule has 0 amide bonds. The van der Waals surface area contributed by atoms with E-state index in [9.17, 15) is 18.5 Å². The third-order valence-corrected chi connectivity index (χ3v) is 7.01. The lowest BCUT2D eigenvalue weighted by atomic mass is 9.62. The molecule has 1 rings (SSSR count). The summed E-state index contributed by atoms with van der Waals surface area (Å²) in [5.41, 5.74) is -1.65. The molecule has 114 valence electrons. The number of hydrogen-bond acceptors (Lipinski definition) is 4. The van der Waals surface area contributed by atoms with Crippen molar-refractivity contribution >= 4 is 15.6 Å². The molecule has 0 aliphatic heterocycles. The fourth-order valence-electron chi connectivity index (χ4n) is 2.72. The van der Waals surface area contributed by atoms with Gasteiger partial charge in [0, 0.05) is 5.41 Å². The van der Waals surface area contributed by atoms with Gasteiger partial charge in [0.05, 0.1) is 16.6 Å². The van der Waals surface area contributed by atoms with Crippen LogP contribution in [0.4, 0.5) is 0 Å². The molecule has 20 heavy (non-hydrogen) atoms. The van der Waals surface area contributed by atoms with E-state index < -0.39 is 25.4 Å². The maximum atomic E-state index is 12.5. The number of hydrogen-bond donors (Lipinski definition) is 0. The van der Waals surface area contributed by atoms with Crippen LogP contribution in [0, 0.1) is 22.2 Å². The highest BCUT2D eigenvalue weighted by Gasteiger charge is 2.49. The summed E-state index contributed by atoms with van der Waals surface area (Å²) in [6.45, 7) is 8.63. The Kier molecular flexibility index (Phi) is 4.41. The third-order valence-electron chi connectivity index (χ3n) is 4.40. The number of nitriles is 1. The zero-order chi connectivity index (χ0) is 15.8. The zero-order valence-corrected chi connectivity index (χ0v) is 13.9. The number of Topliss-reactive ketones (excluding diaryl/α,β-unsaturated/α-hetero) is 1. The van der Waals surface area contributed by atoms with Gasteiger partial charge in [-0.25, -0.2) is 8.42 Å². The lowest BCUT2D eigenvalue weighted by Crippen LogP contribution is -2.45. The van der Waals surface area contributed by atoms with Gasteiger partial charge in [0.15, 0.2) is 15.6 Å². The molecule has 0 radical (unpaired) electrons. The van der Waals surface area contributed by atoms with E-state index in [1.165, 1.54) is 0 Å². The number of carbonyl (C=O) groups excluding carboxylic acids is 1. The molecule has 1 saturated carbocycles. The van der Waals surface area contributed by atoms with Gasteiger partial charge in [-0.3, -0.25) is 4.79 Å². The van der Waals surface area contributed by atoms with Crippen LogP contribution >= 0.6 is 0 Å². The first-order valence-corrected chi connectivity index (χ1v) is 8.72. The molecule has 0 aromatic carbocycles. The van der Waals surface area contributed by atoms with Crippen molar-refractivity contribution in [3.63, 3.8) is 0 Å². The maximum absolute atomic E-state index is 12.5. The highest BCUT2D eigenvalue weighted by Crippen LogP contribution is 2.45. The van der Waals surface area contributed by atoms with Crippen LogP contribution in [0.1, 0.15) is 60.3 Å². The molecular weight excluding hydrogens is 274 g/mol. The maximum Gasteiger partial charge on any atom is 0.158 e. The minimum absolute atomic E-state index is 0.0946. The Morgan fingerprint density at radius 1 is 1.25 bits per heavy atom. The van der Waals surface area contributed by atoms with E-state index in [2.05, 4.69) is 6.07 Å². The van der Waals surface area contributed by atoms with E-state index in [0.717, 1.165) is 12.8 Å². The second-order valence-electron chi connectivity index (χ2n) is 7.44. The summed E-state index contributed by atoms with van der Waals surface area (Å²) in [6.07, 6.45) is 2.15. The molecule has 0 spiro atoms. The van der Waals surface area contributed by atoms with Crippen LogP contribution in [0.15, 0.2) is 0 Å². The molecule has 0 aromatic rings. The molecule has 1 aliphatic carbocycles. The Bertz CT molecular complexity index is 534. The number of nitrogens with zero attached hydrogens (tertiary/aromatic N) is 1. The highest BCUT2D eigenvalue weighted by molar-refractivity contribution is 7.92. The van der Waals surface area contributed by atoms with Gasteiger partial charge in [-0.05, 0) is 40.0 Å². The Morgan fingerprint density at radius 2 is 1.80 bits per heavy atom. The van der Waals surface area contributed by atoms with E-state index in [4.69, 9.17) is 0 Å². The number of rotatable bonds is 3. The Hall–Kier alpha value is -0.890. The van der Waals surface area contributed by atoms with Gasteiger partial charge in [-0.15, -0.1) is 0 Å². The average molecular weight is 299 g/mol. The summed E-state index contributed by atoms with van der Waals surface area (Å²) < 4.78 is 23.6. The van der Waals surface area contributed by atoms with Gasteiger partial charge < -0.3 is 0 Å². The summed E-state index contributed by atoms with van der Waals surface area (Å²) in [5.74, 6) is -0.200. The fraction of sp³-hybridized carbons (Fsp3) is 0.867. The van der Waals surface area contributed by atoms with E-state index >= 15 is 0 Å². The lowest BCUT2D eigenvalue weighted by Gasteiger charge is -2.39. The molecule has 0 heterocycles. The van der Waals surface area contributed by atoms with Crippen LogP contribution in [0.2, 0.25) is 0 Å². The first-order valence-electron chi connectivity index (χ1n) is 7.06. The van der Waals surface area contributed by atoms with Crippen LogP contribution in [-0.2, 0) is 14.6 Å². The molecule has 0 aromatic heterocycles. The zero-order valence-electron chi connectivity index (χ0n) is 13.1. The van der Waals surface area contributed by atoms with E-state index in [1.807, 2.05) is 13.8 Å². The van der Waals surface area contributed by atoms with Gasteiger partial charge >= 0.3 is 0 Å². The van der Waals surface area contributed by atoms with Crippen LogP contribution in [-0.4, -0.2) is 24.7 Å². The summed E-state index contributed by atoms with van der Waals surface area (Å²) in [4.78, 5) is 12.5. The summed E-state index contributed by atoms with van der Waals surface area (Å²) >= 11 is 0. The molecular formula is C15H25NO3S. The summed E-state index contributed by atoms with van der Waals surface area (Å²) in [6, 6.07) is 2.13. The predicted octanol–water partition coefficient (Wildman–Crippen LogP) is 2.88. The summed E-state index contributed by atoms with van der Waals surface area (Å²) in [5, 5.41) is 9.48. The topological polar surface area (TPSA) is 75.0 Å². The van der Waals surface area contributed by atoms with Crippen molar-refractivity contribution in [3.05, 3.63) is 0 Å². The van der Waals surface area contributed by atoms with Gasteiger partial charge in [0.2, 0.25) is 0 Å². The van der Waals surface area contributed by atoms with Crippen LogP contribution in [0.25, 0.3) is 0 Å². The molecule has 1 unspecified atom stereocenters. The van der Waals surface area contributed by atoms with Crippen molar-refractivity contribution in [2.75, 3.05) is 5.75 Å². The normalized spacial score (nSPS) is 27.1. The van der Waals surface area contributed by atoms with Crippen molar-refractivity contribution in [2.45, 2.75) is 65.0 Å². The van der Waals surface area contributed by atoms with Gasteiger partial charge in [0.25, 0.3) is 0 Å². The fourth-order valence-corrected chi connectivity index (χ4v) is 3.95. The monoisotopic (exact) mass is 299 g/mol.